The van der Waals surface area contributed by atoms with Gasteiger partial charge in [0.25, 0.3) is 0 Å². The summed E-state index contributed by atoms with van der Waals surface area (Å²) in [6, 6.07) is 0. The molecule has 1 unspecified atom stereocenters. The summed E-state index contributed by atoms with van der Waals surface area (Å²) in [6.07, 6.45) is 2.89. The molecule has 6 heavy (non-hydrogen) atoms. The quantitative estimate of drug-likeness (QED) is 0.408. The van der Waals surface area contributed by atoms with Gasteiger partial charge in [-0.3, -0.25) is 0 Å². The third-order valence-electron chi connectivity index (χ3n) is 1.69. The van der Waals surface area contributed by atoms with Gasteiger partial charge in [-0.25, -0.2) is 0 Å². The van der Waals surface area contributed by atoms with Gasteiger partial charge in [0.15, 0.2) is 0 Å². The lowest BCUT2D eigenvalue weighted by Crippen LogP contribution is -2.21. The highest BCUT2D eigenvalue weighted by molar-refractivity contribution is 7.17. The zero-order valence-corrected chi connectivity index (χ0v) is 5.30. The predicted molar refractivity (Wildman–Crippen MR) is 31.9 cm³/mol. The van der Waals surface area contributed by atoms with E-state index in [1.807, 2.05) is 0 Å². The van der Waals surface area contributed by atoms with Gasteiger partial charge in [0, 0.05) is 0 Å². The van der Waals surface area contributed by atoms with E-state index in [4.69, 9.17) is 0 Å². The molecule has 0 nitrogen and oxygen atoms in total. The zero-order valence-electron chi connectivity index (χ0n) is 4.15. The first-order valence-electron chi connectivity index (χ1n) is 2.56. The zero-order chi connectivity index (χ0) is 4.57. The Labute approximate surface area is 41.5 Å². The van der Waals surface area contributed by atoms with E-state index in [0.717, 1.165) is 11.6 Å². The fourth-order valence-corrected chi connectivity index (χ4v) is 1.08. The Bertz CT molecular complexity index is 43.9. The van der Waals surface area contributed by atoms with E-state index in [1.165, 1.54) is 12.8 Å². The topological polar surface area (TPSA) is 0 Å². The molecule has 0 aliphatic heterocycles. The van der Waals surface area contributed by atoms with Gasteiger partial charge in [0.05, 0.1) is 0 Å². The van der Waals surface area contributed by atoms with E-state index in [2.05, 4.69) is 16.2 Å². The molecule has 0 aromatic heterocycles. The lowest BCUT2D eigenvalue weighted by molar-refractivity contribution is 0.362. The first-order chi connectivity index (χ1) is 2.80. The van der Waals surface area contributed by atoms with Crippen LogP contribution >= 0.6 is 9.24 Å². The van der Waals surface area contributed by atoms with Crippen LogP contribution in [0.2, 0.25) is 0 Å². The largest absolute Gasteiger partial charge is 0.134 e. The smallest absolute Gasteiger partial charge is 0.0238 e. The maximum absolute atomic E-state index is 2.86. The number of rotatable bonds is 0. The van der Waals surface area contributed by atoms with Gasteiger partial charge < -0.3 is 0 Å². The molecule has 1 aliphatic carbocycles. The van der Waals surface area contributed by atoms with Crippen molar-refractivity contribution in [2.24, 2.45) is 5.92 Å². The Kier molecular flexibility index (Phi) is 1.15. The van der Waals surface area contributed by atoms with Crippen LogP contribution in [0.3, 0.4) is 0 Å². The van der Waals surface area contributed by atoms with Crippen molar-refractivity contribution < 1.29 is 0 Å². The van der Waals surface area contributed by atoms with Crippen molar-refractivity contribution in [1.82, 2.24) is 0 Å². The Morgan fingerprint density at radius 2 is 2.00 bits per heavy atom. The van der Waals surface area contributed by atoms with Crippen molar-refractivity contribution in [2.45, 2.75) is 25.4 Å². The molecular formula is C5H11P. The van der Waals surface area contributed by atoms with Crippen molar-refractivity contribution in [1.29, 1.82) is 0 Å². The summed E-state index contributed by atoms with van der Waals surface area (Å²) in [6.45, 7) is 2.31. The molecule has 1 rings (SSSR count). The molecule has 0 spiro atoms. The Morgan fingerprint density at radius 1 is 1.50 bits per heavy atom. The Balaban J connectivity index is 2.20. The first kappa shape index (κ1) is 4.59. The predicted octanol–water partition coefficient (Wildman–Crippen LogP) is 1.66. The average Bonchev–Trinajstić information content (AvgIpc) is 1.61. The van der Waals surface area contributed by atoms with Gasteiger partial charge in [0.2, 0.25) is 0 Å². The molecule has 0 heterocycles. The Morgan fingerprint density at radius 3 is 2.00 bits per heavy atom. The van der Waals surface area contributed by atoms with E-state index in [0.29, 0.717) is 0 Å². The first-order valence-corrected chi connectivity index (χ1v) is 3.23. The minimum Gasteiger partial charge on any atom is -0.134 e. The third kappa shape index (κ3) is 0.586. The monoisotopic (exact) mass is 102 g/mol. The van der Waals surface area contributed by atoms with Gasteiger partial charge in [0.1, 0.15) is 0 Å². The molecule has 0 N–H and O–H groups in total. The van der Waals surface area contributed by atoms with E-state index in [9.17, 15) is 0 Å². The summed E-state index contributed by atoms with van der Waals surface area (Å²) >= 11 is 0. The van der Waals surface area contributed by atoms with Crippen LogP contribution in [0, 0.1) is 5.92 Å². The third-order valence-corrected chi connectivity index (χ3v) is 2.68. The van der Waals surface area contributed by atoms with Crippen LogP contribution in [-0.2, 0) is 0 Å². The maximum atomic E-state index is 2.86. The second-order valence-corrected chi connectivity index (χ2v) is 3.07. The fourth-order valence-electron chi connectivity index (χ4n) is 0.692. The normalized spacial score (nSPS) is 45.0. The highest BCUT2D eigenvalue weighted by Crippen LogP contribution is 2.32. The molecule has 1 aliphatic rings. The van der Waals surface area contributed by atoms with Crippen LogP contribution in [0.4, 0.5) is 0 Å². The lowest BCUT2D eigenvalue weighted by atomic mass is 9.87. The minimum absolute atomic E-state index is 0.949. The van der Waals surface area contributed by atoms with E-state index < -0.39 is 0 Å². The number of hydrogen-bond acceptors (Lipinski definition) is 0. The average molecular weight is 102 g/mol. The summed E-state index contributed by atoms with van der Waals surface area (Å²) < 4.78 is 0. The minimum atomic E-state index is 0.949. The van der Waals surface area contributed by atoms with Gasteiger partial charge in [-0.05, 0) is 24.4 Å². The van der Waals surface area contributed by atoms with Crippen LogP contribution in [-0.4, -0.2) is 5.66 Å². The molecule has 1 heteroatoms. The second kappa shape index (κ2) is 1.50. The molecule has 0 bridgehead atoms. The SMILES string of the molecule is C[C@H]1CC[C@H]1P. The molecule has 0 amide bonds. The summed E-state index contributed by atoms with van der Waals surface area (Å²) in [5.41, 5.74) is 0.949. The molecule has 1 saturated carbocycles. The van der Waals surface area contributed by atoms with Crippen LogP contribution in [0.1, 0.15) is 19.8 Å². The van der Waals surface area contributed by atoms with Crippen LogP contribution in [0.15, 0.2) is 0 Å². The van der Waals surface area contributed by atoms with Gasteiger partial charge in [-0.2, -0.15) is 0 Å². The van der Waals surface area contributed by atoms with Crippen molar-refractivity contribution >= 4 is 9.24 Å². The highest BCUT2D eigenvalue weighted by Gasteiger charge is 2.21. The fraction of sp³-hybridized carbons (Fsp3) is 1.00. The molecule has 0 aromatic rings. The standard InChI is InChI=1S/C5H11P/c1-4-2-3-5(4)6/h4-5H,2-3,6H2,1H3/t4-,5+/m0/s1. The Hall–Kier alpha value is 0.430. The van der Waals surface area contributed by atoms with Crippen molar-refractivity contribution in [3.63, 3.8) is 0 Å². The summed E-state index contributed by atoms with van der Waals surface area (Å²) in [4.78, 5) is 0. The molecule has 0 saturated heterocycles. The van der Waals surface area contributed by atoms with Crippen LogP contribution in [0.25, 0.3) is 0 Å². The summed E-state index contributed by atoms with van der Waals surface area (Å²) in [5, 5.41) is 0. The summed E-state index contributed by atoms with van der Waals surface area (Å²) in [7, 11) is 2.86. The van der Waals surface area contributed by atoms with Crippen molar-refractivity contribution in [3.05, 3.63) is 0 Å². The van der Waals surface area contributed by atoms with Gasteiger partial charge >= 0.3 is 0 Å². The van der Waals surface area contributed by atoms with E-state index in [-0.39, 0.29) is 0 Å². The highest BCUT2D eigenvalue weighted by atomic mass is 31.0. The van der Waals surface area contributed by atoms with Gasteiger partial charge in [-0.1, -0.05) is 6.92 Å². The van der Waals surface area contributed by atoms with Crippen LogP contribution < -0.4 is 0 Å². The molecule has 0 radical (unpaired) electrons. The van der Waals surface area contributed by atoms with Crippen molar-refractivity contribution in [3.8, 4) is 0 Å². The molecule has 1 fully saturated rings. The van der Waals surface area contributed by atoms with Crippen LogP contribution in [0.5, 0.6) is 0 Å². The maximum Gasteiger partial charge on any atom is -0.0238 e. The second-order valence-electron chi connectivity index (χ2n) is 2.22. The number of hydrogen-bond donors (Lipinski definition) is 0. The molecule has 36 valence electrons. The van der Waals surface area contributed by atoms with Gasteiger partial charge in [-0.15, -0.1) is 9.24 Å². The molecule has 3 atom stereocenters. The van der Waals surface area contributed by atoms with Crippen molar-refractivity contribution in [2.75, 3.05) is 0 Å². The van der Waals surface area contributed by atoms with E-state index in [1.54, 1.807) is 0 Å². The molecule has 0 aromatic carbocycles. The molecular weight excluding hydrogens is 91.0 g/mol. The van der Waals surface area contributed by atoms with E-state index >= 15 is 0 Å². The summed E-state index contributed by atoms with van der Waals surface area (Å²) in [5.74, 6) is 0.995. The lowest BCUT2D eigenvalue weighted by Gasteiger charge is -2.29.